The van der Waals surface area contributed by atoms with Gasteiger partial charge in [0.2, 0.25) is 0 Å². The number of aromatic nitrogens is 1. The third kappa shape index (κ3) is 3.30. The first-order valence-corrected chi connectivity index (χ1v) is 11.0. The number of carboxylic acids is 1. The lowest BCUT2D eigenvalue weighted by Crippen LogP contribution is -2.11. The van der Waals surface area contributed by atoms with E-state index in [9.17, 15) is 19.1 Å². The van der Waals surface area contributed by atoms with Crippen molar-refractivity contribution >= 4 is 28.9 Å². The normalized spacial score (nSPS) is 16.1. The standard InChI is InChI=1S/C26H24FNO4/c1-32-26(31)18-11-17-12-19(27)8-10-20(17)24-23(15-5-3-2-4-6-15)21-9-7-16(25(29)30)13-22(21)28(24)14-18/h7-13,15H,2-6,14H2,1H3,(H,29,30). The third-order valence-electron chi connectivity index (χ3n) is 6.74. The smallest absolute Gasteiger partial charge is 0.335 e. The number of carboxylic acid groups (broad SMARTS) is 1. The van der Waals surface area contributed by atoms with Gasteiger partial charge in [-0.05, 0) is 66.3 Å². The van der Waals surface area contributed by atoms with Crippen LogP contribution in [-0.4, -0.2) is 28.7 Å². The molecule has 0 unspecified atom stereocenters. The highest BCUT2D eigenvalue weighted by molar-refractivity contribution is 6.02. The summed E-state index contributed by atoms with van der Waals surface area (Å²) in [5, 5.41) is 10.6. The molecule has 0 spiro atoms. The van der Waals surface area contributed by atoms with E-state index < -0.39 is 11.9 Å². The molecule has 1 aliphatic carbocycles. The Hall–Kier alpha value is -3.41. The van der Waals surface area contributed by atoms with Crippen molar-refractivity contribution in [3.05, 3.63) is 64.5 Å². The van der Waals surface area contributed by atoms with Gasteiger partial charge in [0, 0.05) is 16.5 Å². The van der Waals surface area contributed by atoms with Crippen LogP contribution in [0.1, 0.15) is 59.5 Å². The van der Waals surface area contributed by atoms with Crippen LogP contribution in [0.3, 0.4) is 0 Å². The molecule has 5 rings (SSSR count). The van der Waals surface area contributed by atoms with Crippen LogP contribution in [0.5, 0.6) is 0 Å². The maximum atomic E-state index is 14.2. The van der Waals surface area contributed by atoms with Crippen molar-refractivity contribution in [2.24, 2.45) is 0 Å². The Kier molecular flexibility index (Phi) is 5.08. The number of ether oxygens (including phenoxy) is 1. The summed E-state index contributed by atoms with van der Waals surface area (Å²) in [6.45, 7) is 0.227. The van der Waals surface area contributed by atoms with Crippen LogP contribution in [0.25, 0.3) is 28.2 Å². The number of benzene rings is 2. The quantitative estimate of drug-likeness (QED) is 0.533. The van der Waals surface area contributed by atoms with Crippen molar-refractivity contribution in [3.63, 3.8) is 0 Å². The number of methoxy groups -OCH3 is 1. The molecule has 2 aromatic carbocycles. The fraction of sp³-hybridized carbons (Fsp3) is 0.308. The summed E-state index contributed by atoms with van der Waals surface area (Å²) in [4.78, 5) is 24.3. The number of hydrogen-bond donors (Lipinski definition) is 1. The highest BCUT2D eigenvalue weighted by atomic mass is 19.1. The van der Waals surface area contributed by atoms with Crippen molar-refractivity contribution in [2.45, 2.75) is 44.6 Å². The van der Waals surface area contributed by atoms with Crippen LogP contribution in [0.2, 0.25) is 0 Å². The van der Waals surface area contributed by atoms with E-state index in [-0.39, 0.29) is 17.9 Å². The number of carbonyl (C=O) groups excluding carboxylic acids is 1. The minimum Gasteiger partial charge on any atom is -0.478 e. The molecule has 1 aliphatic heterocycles. The van der Waals surface area contributed by atoms with E-state index in [0.29, 0.717) is 17.1 Å². The van der Waals surface area contributed by atoms with Gasteiger partial charge in [-0.25, -0.2) is 14.0 Å². The SMILES string of the molecule is COC(=O)C1=Cc2cc(F)ccc2-c2c(C3CCCCC3)c3ccc(C(=O)O)cc3n2C1. The van der Waals surface area contributed by atoms with Crippen molar-refractivity contribution < 1.29 is 23.8 Å². The predicted octanol–water partition coefficient (Wildman–Crippen LogP) is 5.76. The highest BCUT2D eigenvalue weighted by Gasteiger charge is 2.30. The molecule has 0 radical (unpaired) electrons. The van der Waals surface area contributed by atoms with Gasteiger partial charge in [0.15, 0.2) is 0 Å². The van der Waals surface area contributed by atoms with Gasteiger partial charge < -0.3 is 14.4 Å². The molecule has 0 bridgehead atoms. The Bertz CT molecular complexity index is 1280. The second-order valence-electron chi connectivity index (χ2n) is 8.61. The lowest BCUT2D eigenvalue weighted by Gasteiger charge is -2.24. The second-order valence-corrected chi connectivity index (χ2v) is 8.61. The van der Waals surface area contributed by atoms with Crippen molar-refractivity contribution in [2.75, 3.05) is 7.11 Å². The molecular weight excluding hydrogens is 409 g/mol. The highest BCUT2D eigenvalue weighted by Crippen LogP contribution is 2.46. The Morgan fingerprint density at radius 1 is 1.09 bits per heavy atom. The summed E-state index contributed by atoms with van der Waals surface area (Å²) in [6, 6.07) is 9.84. The van der Waals surface area contributed by atoms with Gasteiger partial charge >= 0.3 is 11.9 Å². The molecule has 1 aromatic heterocycles. The second kappa shape index (κ2) is 7.93. The molecule has 0 atom stereocenters. The number of fused-ring (bicyclic) bond motifs is 5. The molecule has 2 heterocycles. The first-order chi connectivity index (χ1) is 15.5. The van der Waals surface area contributed by atoms with Gasteiger partial charge in [0.1, 0.15) is 5.82 Å². The summed E-state index contributed by atoms with van der Waals surface area (Å²) in [7, 11) is 1.32. The number of nitrogens with zero attached hydrogens (tertiary/aromatic N) is 1. The Morgan fingerprint density at radius 3 is 2.59 bits per heavy atom. The summed E-state index contributed by atoms with van der Waals surface area (Å²) in [5.41, 5.74) is 4.95. The van der Waals surface area contributed by atoms with Crippen LogP contribution in [-0.2, 0) is 16.1 Å². The monoisotopic (exact) mass is 433 g/mol. The average molecular weight is 433 g/mol. The summed E-state index contributed by atoms with van der Waals surface area (Å²) in [6.07, 6.45) is 7.30. The largest absolute Gasteiger partial charge is 0.478 e. The lowest BCUT2D eigenvalue weighted by atomic mass is 9.81. The minimum absolute atomic E-state index is 0.195. The van der Waals surface area contributed by atoms with Gasteiger partial charge in [-0.1, -0.05) is 25.3 Å². The number of halogens is 1. The van der Waals surface area contributed by atoms with Crippen LogP contribution in [0.15, 0.2) is 42.0 Å². The fourth-order valence-corrected chi connectivity index (χ4v) is 5.30. The van der Waals surface area contributed by atoms with Crippen LogP contribution >= 0.6 is 0 Å². The molecule has 1 N–H and O–H groups in total. The maximum absolute atomic E-state index is 14.2. The zero-order valence-electron chi connectivity index (χ0n) is 17.9. The lowest BCUT2D eigenvalue weighted by molar-refractivity contribution is -0.136. The Morgan fingerprint density at radius 2 is 1.88 bits per heavy atom. The van der Waals surface area contributed by atoms with Crippen LogP contribution < -0.4 is 0 Å². The predicted molar refractivity (Wildman–Crippen MR) is 120 cm³/mol. The van der Waals surface area contributed by atoms with E-state index in [1.54, 1.807) is 24.3 Å². The summed E-state index contributed by atoms with van der Waals surface area (Å²) >= 11 is 0. The molecule has 0 amide bonds. The first-order valence-electron chi connectivity index (χ1n) is 11.0. The third-order valence-corrected chi connectivity index (χ3v) is 6.74. The first kappa shape index (κ1) is 20.5. The molecule has 6 heteroatoms. The molecule has 1 fully saturated rings. The van der Waals surface area contributed by atoms with Gasteiger partial charge in [0.25, 0.3) is 0 Å². The molecular formula is C26H24FNO4. The zero-order valence-corrected chi connectivity index (χ0v) is 17.9. The summed E-state index contributed by atoms with van der Waals surface area (Å²) < 4.78 is 21.2. The number of esters is 1. The van der Waals surface area contributed by atoms with E-state index in [2.05, 4.69) is 0 Å². The average Bonchev–Trinajstić information content (AvgIpc) is 3.01. The van der Waals surface area contributed by atoms with E-state index in [0.717, 1.165) is 47.8 Å². The number of rotatable bonds is 3. The molecule has 5 nitrogen and oxygen atoms in total. The molecule has 3 aromatic rings. The van der Waals surface area contributed by atoms with E-state index in [1.807, 2.05) is 10.6 Å². The number of aromatic carboxylic acids is 1. The minimum atomic E-state index is -0.999. The Balaban J connectivity index is 1.87. The number of hydrogen-bond acceptors (Lipinski definition) is 3. The van der Waals surface area contributed by atoms with E-state index in [4.69, 9.17) is 4.74 Å². The van der Waals surface area contributed by atoms with Gasteiger partial charge in [-0.3, -0.25) is 0 Å². The molecule has 164 valence electrons. The van der Waals surface area contributed by atoms with Crippen LogP contribution in [0, 0.1) is 5.82 Å². The molecule has 1 saturated carbocycles. The topological polar surface area (TPSA) is 68.5 Å². The molecule has 2 aliphatic rings. The number of carbonyl (C=O) groups is 2. The van der Waals surface area contributed by atoms with Gasteiger partial charge in [0.05, 0.1) is 30.5 Å². The van der Waals surface area contributed by atoms with Crippen LogP contribution in [0.4, 0.5) is 4.39 Å². The van der Waals surface area contributed by atoms with Gasteiger partial charge in [-0.2, -0.15) is 0 Å². The van der Waals surface area contributed by atoms with E-state index in [1.165, 1.54) is 31.2 Å². The van der Waals surface area contributed by atoms with Gasteiger partial charge in [-0.15, -0.1) is 0 Å². The van der Waals surface area contributed by atoms with Crippen molar-refractivity contribution in [1.29, 1.82) is 0 Å². The van der Waals surface area contributed by atoms with E-state index >= 15 is 0 Å². The Labute approximate surface area is 185 Å². The molecule has 32 heavy (non-hydrogen) atoms. The zero-order chi connectivity index (χ0) is 22.4. The maximum Gasteiger partial charge on any atom is 0.335 e. The molecule has 0 saturated heterocycles. The van der Waals surface area contributed by atoms with Crippen molar-refractivity contribution in [1.82, 2.24) is 4.57 Å². The fourth-order valence-electron chi connectivity index (χ4n) is 5.30. The summed E-state index contributed by atoms with van der Waals surface area (Å²) in [5.74, 6) is -1.53. The van der Waals surface area contributed by atoms with Crippen molar-refractivity contribution in [3.8, 4) is 11.3 Å².